The lowest BCUT2D eigenvalue weighted by atomic mass is 9.98. The molecule has 0 aliphatic heterocycles. The average Bonchev–Trinajstić information content (AvgIpc) is 3.28. The number of anilines is 1. The molecule has 5 aromatic rings. The van der Waals surface area contributed by atoms with Gasteiger partial charge >= 0.3 is 6.09 Å². The topological polar surface area (TPSA) is 122 Å². The second kappa shape index (κ2) is 9.91. The average molecular weight is 484 g/mol. The molecule has 2 heterocycles. The van der Waals surface area contributed by atoms with E-state index in [4.69, 9.17) is 9.47 Å². The zero-order valence-corrected chi connectivity index (χ0v) is 19.9. The molecule has 0 saturated heterocycles. The van der Waals surface area contributed by atoms with Crippen LogP contribution >= 0.6 is 0 Å². The van der Waals surface area contributed by atoms with Gasteiger partial charge in [-0.15, -0.1) is 0 Å². The summed E-state index contributed by atoms with van der Waals surface area (Å²) in [6.07, 6.45) is -0.0268. The lowest BCUT2D eigenvalue weighted by Gasteiger charge is -2.13. The number of imidazole rings is 1. The van der Waals surface area contributed by atoms with Crippen molar-refractivity contribution in [2.75, 3.05) is 18.5 Å². The quantitative estimate of drug-likeness (QED) is 0.299. The molecule has 0 aliphatic carbocycles. The number of fused-ring (bicyclic) bond motifs is 2. The van der Waals surface area contributed by atoms with Gasteiger partial charge in [-0.2, -0.15) is 5.10 Å². The zero-order valence-electron chi connectivity index (χ0n) is 19.9. The molecule has 3 aromatic carbocycles. The number of hydrogen-bond acceptors (Lipinski definition) is 6. The number of ether oxygens (including phenoxy) is 2. The lowest BCUT2D eigenvalue weighted by molar-refractivity contribution is 0.167. The van der Waals surface area contributed by atoms with Gasteiger partial charge in [0, 0.05) is 17.4 Å². The number of hydrogen-bond donors (Lipinski definition) is 3. The predicted octanol–water partition coefficient (Wildman–Crippen LogP) is 5.02. The Labute approximate surface area is 206 Å². The van der Waals surface area contributed by atoms with Crippen LogP contribution in [0, 0.1) is 0 Å². The Kier molecular flexibility index (Phi) is 6.36. The fourth-order valence-corrected chi connectivity index (χ4v) is 4.19. The van der Waals surface area contributed by atoms with E-state index in [-0.39, 0.29) is 12.2 Å². The number of carbonyl (C=O) groups excluding carboxylic acids is 1. The molecule has 1 amide bonds. The summed E-state index contributed by atoms with van der Waals surface area (Å²) in [6.45, 7) is 4.48. The fourth-order valence-electron chi connectivity index (χ4n) is 4.19. The second-order valence-electron chi connectivity index (χ2n) is 8.15. The molecule has 3 N–H and O–H groups in total. The van der Waals surface area contributed by atoms with Crippen molar-refractivity contribution in [3.8, 4) is 16.9 Å². The van der Waals surface area contributed by atoms with Crippen LogP contribution in [0.1, 0.15) is 25.1 Å². The molecular weight excluding hydrogens is 458 g/mol. The third-order valence-electron chi connectivity index (χ3n) is 5.78. The SMILES string of the molecule is CCOC(=O)Nc1nc2cc(-c3cc(Cc4n[nH]c(=O)c5ccccc45)ccc3OCC)ccc2[nH]1. The van der Waals surface area contributed by atoms with Crippen LogP contribution in [0.2, 0.25) is 0 Å². The van der Waals surface area contributed by atoms with Crippen LogP contribution in [0.25, 0.3) is 32.9 Å². The van der Waals surface area contributed by atoms with Crippen LogP contribution in [0.5, 0.6) is 5.75 Å². The highest BCUT2D eigenvalue weighted by molar-refractivity contribution is 5.89. The first-order valence-electron chi connectivity index (χ1n) is 11.7. The van der Waals surface area contributed by atoms with E-state index in [1.807, 2.05) is 55.5 Å². The summed E-state index contributed by atoms with van der Waals surface area (Å²) < 4.78 is 10.8. The summed E-state index contributed by atoms with van der Waals surface area (Å²) in [4.78, 5) is 31.5. The Hall–Kier alpha value is -4.66. The molecule has 182 valence electrons. The van der Waals surface area contributed by atoms with Gasteiger partial charge in [-0.1, -0.05) is 30.3 Å². The molecule has 0 saturated carbocycles. The minimum atomic E-state index is -0.563. The van der Waals surface area contributed by atoms with E-state index in [0.717, 1.165) is 39.0 Å². The predicted molar refractivity (Wildman–Crippen MR) is 139 cm³/mol. The Morgan fingerprint density at radius 2 is 1.83 bits per heavy atom. The highest BCUT2D eigenvalue weighted by Crippen LogP contribution is 2.34. The Morgan fingerprint density at radius 3 is 2.64 bits per heavy atom. The van der Waals surface area contributed by atoms with E-state index in [1.54, 1.807) is 13.0 Å². The summed E-state index contributed by atoms with van der Waals surface area (Å²) in [6, 6.07) is 19.3. The third-order valence-corrected chi connectivity index (χ3v) is 5.78. The lowest BCUT2D eigenvalue weighted by Crippen LogP contribution is -2.14. The van der Waals surface area contributed by atoms with Crippen molar-refractivity contribution in [2.24, 2.45) is 0 Å². The van der Waals surface area contributed by atoms with E-state index >= 15 is 0 Å². The first kappa shape index (κ1) is 23.1. The summed E-state index contributed by atoms with van der Waals surface area (Å²) >= 11 is 0. The fraction of sp³-hybridized carbons (Fsp3) is 0.185. The van der Waals surface area contributed by atoms with Gasteiger partial charge in [0.05, 0.1) is 35.3 Å². The first-order chi connectivity index (χ1) is 17.6. The standard InChI is InChI=1S/C27H25N5O4/c1-3-35-24-12-9-16(14-22-18-7-5-6-8-19(18)25(33)32-31-22)13-20(24)17-10-11-21-23(15-17)29-26(28-21)30-27(34)36-4-2/h5-13,15H,3-4,14H2,1-2H3,(H,32,33)(H2,28,29,30,34). The maximum Gasteiger partial charge on any atom is 0.413 e. The van der Waals surface area contributed by atoms with Crippen LogP contribution in [0.15, 0.2) is 65.5 Å². The molecule has 9 nitrogen and oxygen atoms in total. The molecule has 0 bridgehead atoms. The molecule has 9 heteroatoms. The number of amides is 1. The van der Waals surface area contributed by atoms with Gasteiger partial charge in [-0.25, -0.2) is 14.9 Å². The van der Waals surface area contributed by atoms with Crippen LogP contribution in [-0.2, 0) is 11.2 Å². The Bertz CT molecular complexity index is 1620. The molecule has 0 fully saturated rings. The van der Waals surface area contributed by atoms with Crippen molar-refractivity contribution in [3.05, 3.63) is 82.3 Å². The smallest absolute Gasteiger partial charge is 0.413 e. The largest absolute Gasteiger partial charge is 0.493 e. The van der Waals surface area contributed by atoms with Gasteiger partial charge in [0.15, 0.2) is 0 Å². The van der Waals surface area contributed by atoms with Crippen LogP contribution < -0.4 is 15.6 Å². The van der Waals surface area contributed by atoms with Crippen molar-refractivity contribution in [1.29, 1.82) is 0 Å². The van der Waals surface area contributed by atoms with Crippen LogP contribution in [0.3, 0.4) is 0 Å². The molecule has 36 heavy (non-hydrogen) atoms. The van der Waals surface area contributed by atoms with Gasteiger partial charge in [0.2, 0.25) is 5.95 Å². The van der Waals surface area contributed by atoms with E-state index < -0.39 is 6.09 Å². The monoisotopic (exact) mass is 483 g/mol. The van der Waals surface area contributed by atoms with Crippen LogP contribution in [0.4, 0.5) is 10.7 Å². The Balaban J connectivity index is 1.51. The molecule has 0 radical (unpaired) electrons. The number of benzene rings is 3. The molecule has 0 atom stereocenters. The van der Waals surface area contributed by atoms with E-state index in [9.17, 15) is 9.59 Å². The zero-order chi connectivity index (χ0) is 25.1. The van der Waals surface area contributed by atoms with Crippen LogP contribution in [-0.4, -0.2) is 39.5 Å². The molecule has 5 rings (SSSR count). The Morgan fingerprint density at radius 1 is 1.00 bits per heavy atom. The highest BCUT2D eigenvalue weighted by atomic mass is 16.5. The molecular formula is C27H25N5O4. The minimum Gasteiger partial charge on any atom is -0.493 e. The number of rotatable bonds is 7. The van der Waals surface area contributed by atoms with Crippen molar-refractivity contribution in [2.45, 2.75) is 20.3 Å². The molecule has 2 aromatic heterocycles. The van der Waals surface area contributed by atoms with Gasteiger partial charge in [0.25, 0.3) is 5.56 Å². The summed E-state index contributed by atoms with van der Waals surface area (Å²) in [5, 5.41) is 11.0. The maximum absolute atomic E-state index is 12.2. The third kappa shape index (κ3) is 4.63. The normalized spacial score (nSPS) is 11.1. The molecule has 0 spiro atoms. The number of nitrogens with one attached hydrogen (secondary N) is 3. The minimum absolute atomic E-state index is 0.203. The van der Waals surface area contributed by atoms with E-state index in [1.165, 1.54) is 0 Å². The van der Waals surface area contributed by atoms with E-state index in [0.29, 0.717) is 29.9 Å². The highest BCUT2D eigenvalue weighted by Gasteiger charge is 2.14. The van der Waals surface area contributed by atoms with Gasteiger partial charge < -0.3 is 14.5 Å². The van der Waals surface area contributed by atoms with Crippen molar-refractivity contribution >= 4 is 33.8 Å². The first-order valence-corrected chi connectivity index (χ1v) is 11.7. The number of aromatic amines is 2. The summed E-state index contributed by atoms with van der Waals surface area (Å²) in [7, 11) is 0. The number of carbonyl (C=O) groups is 1. The molecule has 0 unspecified atom stereocenters. The maximum atomic E-state index is 12.2. The number of H-pyrrole nitrogens is 2. The van der Waals surface area contributed by atoms with Gasteiger partial charge in [-0.05, 0) is 55.3 Å². The number of nitrogens with zero attached hydrogens (tertiary/aromatic N) is 2. The summed E-state index contributed by atoms with van der Waals surface area (Å²) in [5.74, 6) is 1.07. The molecule has 0 aliphatic rings. The van der Waals surface area contributed by atoms with Gasteiger partial charge in [0.1, 0.15) is 5.75 Å². The van der Waals surface area contributed by atoms with E-state index in [2.05, 4.69) is 31.5 Å². The number of aromatic nitrogens is 4. The second-order valence-corrected chi connectivity index (χ2v) is 8.15. The van der Waals surface area contributed by atoms with Gasteiger partial charge in [-0.3, -0.25) is 10.1 Å². The van der Waals surface area contributed by atoms with Crippen molar-refractivity contribution in [3.63, 3.8) is 0 Å². The van der Waals surface area contributed by atoms with Crippen molar-refractivity contribution < 1.29 is 14.3 Å². The van der Waals surface area contributed by atoms with Crippen molar-refractivity contribution in [1.82, 2.24) is 20.2 Å². The summed E-state index contributed by atoms with van der Waals surface area (Å²) in [5.41, 5.74) is 4.91.